The van der Waals surface area contributed by atoms with Gasteiger partial charge in [-0.25, -0.2) is 0 Å². The Hall–Kier alpha value is -3.15. The molecule has 1 aromatic rings. The van der Waals surface area contributed by atoms with Gasteiger partial charge in [-0.3, -0.25) is 0 Å². The molecule has 0 unspecified atom stereocenters. The number of aromatic carboxylic acids is 3. The van der Waals surface area contributed by atoms with E-state index >= 15 is 0 Å². The predicted molar refractivity (Wildman–Crippen MR) is 95.0 cm³/mol. The van der Waals surface area contributed by atoms with Crippen LogP contribution in [0, 0.1) is 0 Å². The smallest absolute Gasteiger partial charge is 0.0725 e. The van der Waals surface area contributed by atoms with Gasteiger partial charge in [0.1, 0.15) is 0 Å². The zero-order valence-corrected chi connectivity index (χ0v) is 15.7. The molecule has 0 radical (unpaired) electrons. The van der Waals surface area contributed by atoms with Gasteiger partial charge in [-0.1, -0.05) is 36.5 Å². The second kappa shape index (κ2) is 8.49. The fourth-order valence-electron chi connectivity index (χ4n) is 3.08. The van der Waals surface area contributed by atoms with Crippen molar-refractivity contribution in [1.82, 2.24) is 0 Å². The van der Waals surface area contributed by atoms with Gasteiger partial charge in [0.15, 0.2) is 0 Å². The molecule has 6 heteroatoms. The number of hydrogen-bond donors (Lipinski definition) is 0. The van der Waals surface area contributed by atoms with Crippen molar-refractivity contribution in [1.29, 1.82) is 0 Å². The van der Waals surface area contributed by atoms with Gasteiger partial charge in [0.2, 0.25) is 0 Å². The molecule has 1 rings (SSSR count). The van der Waals surface area contributed by atoms with Crippen LogP contribution in [0.15, 0.2) is 36.5 Å². The molecule has 0 aliphatic heterocycles. The molecule has 0 heterocycles. The summed E-state index contributed by atoms with van der Waals surface area (Å²) in [7, 11) is 0. The largest absolute Gasteiger partial charge is 0.545 e. The summed E-state index contributed by atoms with van der Waals surface area (Å²) < 4.78 is 0. The molecule has 0 aliphatic carbocycles. The zero-order valence-electron chi connectivity index (χ0n) is 15.7. The van der Waals surface area contributed by atoms with Gasteiger partial charge in [-0.05, 0) is 56.7 Å². The van der Waals surface area contributed by atoms with E-state index in [-0.39, 0.29) is 41.5 Å². The van der Waals surface area contributed by atoms with Crippen molar-refractivity contribution < 1.29 is 29.7 Å². The highest BCUT2D eigenvalue weighted by molar-refractivity contribution is 6.06. The SMILES string of the molecule is C=C(C)Cc1c(CC(=C)C)c(C(=O)[O-])c(C(=O)[O-])c(CC(=C)C)c1C(=O)[O-]. The lowest BCUT2D eigenvalue weighted by Gasteiger charge is -2.28. The Morgan fingerprint density at radius 3 is 1.15 bits per heavy atom. The van der Waals surface area contributed by atoms with Crippen molar-refractivity contribution in [2.75, 3.05) is 0 Å². The Kier molecular flexibility index (Phi) is 6.88. The maximum Gasteiger partial charge on any atom is 0.0725 e. The summed E-state index contributed by atoms with van der Waals surface area (Å²) in [5.41, 5.74) is -0.258. The highest BCUT2D eigenvalue weighted by Crippen LogP contribution is 2.32. The average Bonchev–Trinajstić information content (AvgIpc) is 2.46. The molecular weight excluding hydrogens is 348 g/mol. The third kappa shape index (κ3) is 4.94. The van der Waals surface area contributed by atoms with Crippen LogP contribution >= 0.6 is 0 Å². The highest BCUT2D eigenvalue weighted by Gasteiger charge is 2.25. The van der Waals surface area contributed by atoms with Crippen LogP contribution in [0.2, 0.25) is 0 Å². The van der Waals surface area contributed by atoms with Crippen LogP contribution < -0.4 is 15.3 Å². The molecule has 0 saturated carbocycles. The lowest BCUT2D eigenvalue weighted by Crippen LogP contribution is -2.36. The summed E-state index contributed by atoms with van der Waals surface area (Å²) in [5, 5.41) is 35.6. The summed E-state index contributed by atoms with van der Waals surface area (Å²) in [4.78, 5) is 35.6. The lowest BCUT2D eigenvalue weighted by atomic mass is 9.80. The molecule has 0 spiro atoms. The quantitative estimate of drug-likeness (QED) is 0.571. The fraction of sp³-hybridized carbons (Fsp3) is 0.286. The number of carboxylic acid groups (broad SMARTS) is 3. The molecule has 0 atom stereocenters. The molecule has 1 aromatic carbocycles. The summed E-state index contributed by atoms with van der Waals surface area (Å²) >= 11 is 0. The topological polar surface area (TPSA) is 120 Å². The number of carbonyl (C=O) groups excluding carboxylic acids is 3. The minimum Gasteiger partial charge on any atom is -0.545 e. The Labute approximate surface area is 158 Å². The van der Waals surface area contributed by atoms with Gasteiger partial charge >= 0.3 is 0 Å². The molecule has 0 fully saturated rings. The molecule has 0 amide bonds. The Morgan fingerprint density at radius 2 is 0.852 bits per heavy atom. The number of hydrogen-bond acceptors (Lipinski definition) is 6. The zero-order chi connectivity index (χ0) is 21.0. The van der Waals surface area contributed by atoms with Gasteiger partial charge in [0, 0.05) is 16.7 Å². The molecule has 144 valence electrons. The van der Waals surface area contributed by atoms with E-state index in [2.05, 4.69) is 19.7 Å². The predicted octanol–water partition coefficient (Wildman–Crippen LogP) is 0.133. The Balaban J connectivity index is 4.28. The van der Waals surface area contributed by atoms with Gasteiger partial charge in [-0.15, -0.1) is 0 Å². The lowest BCUT2D eigenvalue weighted by molar-refractivity contribution is -0.260. The van der Waals surface area contributed by atoms with Gasteiger partial charge in [0.05, 0.1) is 17.9 Å². The van der Waals surface area contributed by atoms with Crippen LogP contribution in [0.5, 0.6) is 0 Å². The van der Waals surface area contributed by atoms with Crippen LogP contribution in [0.4, 0.5) is 0 Å². The molecule has 27 heavy (non-hydrogen) atoms. The molecule has 0 bridgehead atoms. The van der Waals surface area contributed by atoms with Gasteiger partial charge in [-0.2, -0.15) is 0 Å². The summed E-state index contributed by atoms with van der Waals surface area (Å²) in [6, 6.07) is 0. The van der Waals surface area contributed by atoms with Crippen LogP contribution in [-0.4, -0.2) is 17.9 Å². The molecule has 0 N–H and O–H groups in total. The Bertz CT molecular complexity index is 873. The van der Waals surface area contributed by atoms with Gasteiger partial charge in [0.25, 0.3) is 0 Å². The van der Waals surface area contributed by atoms with E-state index < -0.39 is 29.0 Å². The molecular formula is C21H21O6-3. The second-order valence-electron chi connectivity index (χ2n) is 6.82. The molecule has 0 aliphatic rings. The highest BCUT2D eigenvalue weighted by atomic mass is 16.4. The maximum absolute atomic E-state index is 11.9. The third-order valence-corrected chi connectivity index (χ3v) is 3.87. The number of carboxylic acids is 3. The summed E-state index contributed by atoms with van der Waals surface area (Å²) in [6.07, 6.45) is -0.175. The normalized spacial score (nSPS) is 10.3. The van der Waals surface area contributed by atoms with Crippen LogP contribution in [-0.2, 0) is 19.3 Å². The van der Waals surface area contributed by atoms with E-state index in [1.807, 2.05) is 0 Å². The van der Waals surface area contributed by atoms with E-state index in [0.717, 1.165) is 0 Å². The first-order valence-electron chi connectivity index (χ1n) is 8.16. The summed E-state index contributed by atoms with van der Waals surface area (Å²) in [5.74, 6) is -5.16. The van der Waals surface area contributed by atoms with Crippen LogP contribution in [0.25, 0.3) is 0 Å². The minimum atomic E-state index is -1.81. The number of benzene rings is 1. The van der Waals surface area contributed by atoms with E-state index in [4.69, 9.17) is 0 Å². The van der Waals surface area contributed by atoms with E-state index in [9.17, 15) is 29.7 Å². The van der Waals surface area contributed by atoms with Crippen molar-refractivity contribution in [3.05, 3.63) is 69.8 Å². The molecule has 0 saturated heterocycles. The van der Waals surface area contributed by atoms with Crippen molar-refractivity contribution in [2.45, 2.75) is 40.0 Å². The maximum atomic E-state index is 11.9. The second-order valence-corrected chi connectivity index (χ2v) is 6.82. The van der Waals surface area contributed by atoms with E-state index in [0.29, 0.717) is 16.7 Å². The van der Waals surface area contributed by atoms with E-state index in [1.54, 1.807) is 20.8 Å². The van der Waals surface area contributed by atoms with Crippen molar-refractivity contribution >= 4 is 17.9 Å². The standard InChI is InChI=1S/C21H24O6/c1-10(2)7-13-14(8-11(3)4)17(20(24)25)18(21(26)27)15(9-12(5)6)16(13)19(22)23/h1,3,5,7-9H2,2,4,6H3,(H,22,23)(H,24,25)(H,26,27)/p-3. The van der Waals surface area contributed by atoms with Crippen molar-refractivity contribution in [3.8, 4) is 0 Å². The molecule has 6 nitrogen and oxygen atoms in total. The third-order valence-electron chi connectivity index (χ3n) is 3.87. The monoisotopic (exact) mass is 369 g/mol. The number of carbonyl (C=O) groups is 3. The van der Waals surface area contributed by atoms with Gasteiger partial charge < -0.3 is 29.7 Å². The minimum absolute atomic E-state index is 0.00867. The first kappa shape index (κ1) is 21.9. The number of allylic oxidation sites excluding steroid dienone is 3. The summed E-state index contributed by atoms with van der Waals surface area (Å²) in [6.45, 7) is 16.0. The fourth-order valence-corrected chi connectivity index (χ4v) is 3.08. The number of rotatable bonds is 9. The average molecular weight is 369 g/mol. The van der Waals surface area contributed by atoms with E-state index in [1.165, 1.54) is 0 Å². The first-order valence-corrected chi connectivity index (χ1v) is 8.16. The van der Waals surface area contributed by atoms with Crippen molar-refractivity contribution in [2.24, 2.45) is 0 Å². The molecule has 0 aromatic heterocycles. The van der Waals surface area contributed by atoms with Crippen LogP contribution in [0.3, 0.4) is 0 Å². The Morgan fingerprint density at radius 1 is 0.593 bits per heavy atom. The van der Waals surface area contributed by atoms with Crippen LogP contribution in [0.1, 0.15) is 68.5 Å². The first-order chi connectivity index (χ1) is 12.4. The van der Waals surface area contributed by atoms with Crippen molar-refractivity contribution in [3.63, 3.8) is 0 Å².